The van der Waals surface area contributed by atoms with E-state index in [4.69, 9.17) is 34.4 Å². The highest BCUT2D eigenvalue weighted by atomic mass is 35.5. The fraction of sp³-hybridized carbons (Fsp3) is 0.314. The maximum absolute atomic E-state index is 10.1. The first kappa shape index (κ1) is 28.8. The number of halogens is 2. The molecule has 6 heteroatoms. The smallest absolute Gasteiger partial charge is 0.209 e. The van der Waals surface area contributed by atoms with Crippen molar-refractivity contribution in [2.45, 2.75) is 52.4 Å². The molecule has 0 saturated carbocycles. The summed E-state index contributed by atoms with van der Waals surface area (Å²) in [6.07, 6.45) is 10.2. The Kier molecular flexibility index (Phi) is 7.23. The number of methoxy groups -OCH3 is 1. The number of fused-ring (bicyclic) bond motifs is 2. The van der Waals surface area contributed by atoms with E-state index < -0.39 is 0 Å². The zero-order chi connectivity index (χ0) is 29.9. The number of rotatable bonds is 5. The van der Waals surface area contributed by atoms with E-state index in [-0.39, 0.29) is 16.4 Å². The Morgan fingerprint density at radius 2 is 1.68 bits per heavy atom. The highest BCUT2D eigenvalue weighted by Gasteiger charge is 2.47. The van der Waals surface area contributed by atoms with E-state index >= 15 is 0 Å². The van der Waals surface area contributed by atoms with Crippen LogP contribution in [0.5, 0.6) is 0 Å². The number of nitrogens with zero attached hydrogens (tertiary/aromatic N) is 3. The van der Waals surface area contributed by atoms with Crippen LogP contribution in [0.2, 0.25) is 10.0 Å². The summed E-state index contributed by atoms with van der Waals surface area (Å²) in [5, 5.41) is 11.5. The van der Waals surface area contributed by atoms with E-state index in [1.807, 2.05) is 24.3 Å². The molecule has 0 amide bonds. The molecule has 0 N–H and O–H groups in total. The third-order valence-electron chi connectivity index (χ3n) is 8.64. The molecular weight excluding hydrogens is 549 g/mol. The van der Waals surface area contributed by atoms with Crippen LogP contribution in [0.3, 0.4) is 0 Å². The summed E-state index contributed by atoms with van der Waals surface area (Å²) < 4.78 is 8.32. The second-order valence-electron chi connectivity index (χ2n) is 11.5. The molecule has 0 saturated heterocycles. The third kappa shape index (κ3) is 4.25. The lowest BCUT2D eigenvalue weighted by atomic mass is 9.74. The Bertz CT molecular complexity index is 1720. The SMILES string of the molecule is C#C/C(C#N)=C1C(/C=C2\N(CC)c3ccc(Cl)cc3C2(C)C)=C(OC)C\1=C/C1=[N+](CC)c2ccc(Cl)cc2C1(C)C. The molecule has 208 valence electrons. The standard InChI is InChI=1S/C35H34Cl2N3O/c1-9-21(20-38)32-24(18-30-34(4,5)26-16-22(36)12-14-28(26)39(30)10-2)33(41-8)25(32)19-31-35(6,7)27-17-23(37)13-15-29(27)40(31)11-3/h1,12-19H,10-11H2,2-8H3/q+1. The van der Waals surface area contributed by atoms with E-state index in [2.05, 4.69) is 87.3 Å². The van der Waals surface area contributed by atoms with Crippen LogP contribution in [0, 0.1) is 23.7 Å². The lowest BCUT2D eigenvalue weighted by Crippen LogP contribution is -2.30. The van der Waals surface area contributed by atoms with Crippen molar-refractivity contribution in [2.24, 2.45) is 0 Å². The summed E-state index contributed by atoms with van der Waals surface area (Å²) in [5.74, 6) is 3.35. The lowest BCUT2D eigenvalue weighted by molar-refractivity contribution is -0.433. The third-order valence-corrected chi connectivity index (χ3v) is 9.11. The molecule has 2 aromatic rings. The van der Waals surface area contributed by atoms with Gasteiger partial charge in [0, 0.05) is 67.8 Å². The second kappa shape index (κ2) is 10.3. The zero-order valence-electron chi connectivity index (χ0n) is 24.6. The summed E-state index contributed by atoms with van der Waals surface area (Å²) >= 11 is 12.8. The predicted octanol–water partition coefficient (Wildman–Crippen LogP) is 8.38. The van der Waals surface area contributed by atoms with Crippen molar-refractivity contribution < 1.29 is 9.31 Å². The second-order valence-corrected chi connectivity index (χ2v) is 12.4. The summed E-state index contributed by atoms with van der Waals surface area (Å²) in [7, 11) is 1.67. The topological polar surface area (TPSA) is 39.3 Å². The molecule has 2 heterocycles. The van der Waals surface area contributed by atoms with Crippen molar-refractivity contribution in [3.05, 3.63) is 103 Å². The Morgan fingerprint density at radius 3 is 2.27 bits per heavy atom. The number of terminal acetylenes is 1. The number of hydrogen-bond donors (Lipinski definition) is 0. The van der Waals surface area contributed by atoms with Crippen LogP contribution in [0.25, 0.3) is 0 Å². The van der Waals surface area contributed by atoms with E-state index in [0.29, 0.717) is 15.8 Å². The van der Waals surface area contributed by atoms with E-state index in [1.165, 1.54) is 0 Å². The minimum absolute atomic E-state index is 0.281. The van der Waals surface area contributed by atoms with Gasteiger partial charge in [-0.05, 0) is 69.7 Å². The first-order valence-corrected chi connectivity index (χ1v) is 14.6. The van der Waals surface area contributed by atoms with Gasteiger partial charge < -0.3 is 9.64 Å². The van der Waals surface area contributed by atoms with Crippen LogP contribution in [-0.2, 0) is 15.6 Å². The van der Waals surface area contributed by atoms with Crippen molar-refractivity contribution in [1.82, 2.24) is 0 Å². The van der Waals surface area contributed by atoms with Crippen LogP contribution in [0.4, 0.5) is 11.4 Å². The monoisotopic (exact) mass is 582 g/mol. The molecule has 0 fully saturated rings. The van der Waals surface area contributed by atoms with E-state index in [9.17, 15) is 5.26 Å². The van der Waals surface area contributed by atoms with Gasteiger partial charge in [0.1, 0.15) is 23.9 Å². The molecule has 3 aliphatic rings. The first-order valence-electron chi connectivity index (χ1n) is 13.8. The van der Waals surface area contributed by atoms with Crippen LogP contribution in [-0.4, -0.2) is 30.5 Å². The normalized spacial score (nSPS) is 21.5. The Labute approximate surface area is 253 Å². The van der Waals surface area contributed by atoms with Gasteiger partial charge in [-0.25, -0.2) is 0 Å². The number of hydrogen-bond acceptors (Lipinski definition) is 3. The van der Waals surface area contributed by atoms with Gasteiger partial charge in [-0.1, -0.05) is 43.0 Å². The molecule has 0 atom stereocenters. The van der Waals surface area contributed by atoms with E-state index in [0.717, 1.165) is 63.7 Å². The fourth-order valence-electron chi connectivity index (χ4n) is 6.55. The number of ether oxygens (including phenoxy) is 1. The molecule has 0 radical (unpaired) electrons. The average Bonchev–Trinajstić information content (AvgIpc) is 3.28. The van der Waals surface area contributed by atoms with Crippen LogP contribution in [0.1, 0.15) is 52.7 Å². The minimum Gasteiger partial charge on any atom is -0.495 e. The molecule has 0 aromatic heterocycles. The molecule has 0 spiro atoms. The average molecular weight is 584 g/mol. The zero-order valence-corrected chi connectivity index (χ0v) is 26.1. The van der Waals surface area contributed by atoms with Crippen molar-refractivity contribution in [3.8, 4) is 18.4 Å². The number of nitriles is 1. The van der Waals surface area contributed by atoms with Gasteiger partial charge in [-0.3, -0.25) is 0 Å². The Morgan fingerprint density at radius 1 is 1.02 bits per heavy atom. The number of benzene rings is 2. The van der Waals surface area contributed by atoms with Gasteiger partial charge in [-0.2, -0.15) is 9.84 Å². The summed E-state index contributed by atoms with van der Waals surface area (Å²) in [6.45, 7) is 14.6. The maximum Gasteiger partial charge on any atom is 0.209 e. The number of allylic oxidation sites excluding steroid dienone is 6. The molecule has 0 unspecified atom stereocenters. The van der Waals surface area contributed by atoms with Crippen LogP contribution in [0.15, 0.2) is 82.3 Å². The van der Waals surface area contributed by atoms with Crippen molar-refractivity contribution in [3.63, 3.8) is 0 Å². The minimum atomic E-state index is -0.322. The molecular formula is C35H34Cl2N3O+. The highest BCUT2D eigenvalue weighted by molar-refractivity contribution is 6.31. The molecule has 2 aliphatic heterocycles. The molecule has 0 bridgehead atoms. The van der Waals surface area contributed by atoms with Gasteiger partial charge in [0.2, 0.25) is 5.69 Å². The van der Waals surface area contributed by atoms with Gasteiger partial charge >= 0.3 is 0 Å². The van der Waals surface area contributed by atoms with Gasteiger partial charge in [0.15, 0.2) is 5.71 Å². The molecule has 1 aliphatic carbocycles. The lowest BCUT2D eigenvalue weighted by Gasteiger charge is -2.32. The maximum atomic E-state index is 10.1. The van der Waals surface area contributed by atoms with Gasteiger partial charge in [-0.15, -0.1) is 6.42 Å². The summed E-state index contributed by atoms with van der Waals surface area (Å²) in [5.41, 5.74) is 8.79. The largest absolute Gasteiger partial charge is 0.495 e. The highest BCUT2D eigenvalue weighted by Crippen LogP contribution is 2.52. The molecule has 4 nitrogen and oxygen atoms in total. The van der Waals surface area contributed by atoms with Crippen molar-refractivity contribution in [1.29, 1.82) is 5.26 Å². The molecule has 41 heavy (non-hydrogen) atoms. The Hall–Kier alpha value is -3.70. The Balaban J connectivity index is 1.74. The summed E-state index contributed by atoms with van der Waals surface area (Å²) in [4.78, 5) is 2.29. The van der Waals surface area contributed by atoms with Gasteiger partial charge in [0.25, 0.3) is 0 Å². The van der Waals surface area contributed by atoms with E-state index in [1.54, 1.807) is 7.11 Å². The van der Waals surface area contributed by atoms with Crippen LogP contribution < -0.4 is 4.90 Å². The molecule has 2 aromatic carbocycles. The van der Waals surface area contributed by atoms with Crippen molar-refractivity contribution >= 4 is 40.3 Å². The van der Waals surface area contributed by atoms with Crippen LogP contribution >= 0.6 is 23.2 Å². The summed E-state index contributed by atoms with van der Waals surface area (Å²) in [6, 6.07) is 14.3. The predicted molar refractivity (Wildman–Crippen MR) is 169 cm³/mol. The first-order chi connectivity index (χ1) is 19.5. The quantitative estimate of drug-likeness (QED) is 0.202. The number of anilines is 1. The van der Waals surface area contributed by atoms with Gasteiger partial charge in [0.05, 0.1) is 12.5 Å². The fourth-order valence-corrected chi connectivity index (χ4v) is 6.89. The van der Waals surface area contributed by atoms with Crippen molar-refractivity contribution in [2.75, 3.05) is 25.1 Å². The molecule has 5 rings (SSSR count). The number of likely N-dealkylation sites (N-methyl/N-ethyl adjacent to an activating group) is 1.